The van der Waals surface area contributed by atoms with Gasteiger partial charge in [0.05, 0.1) is 11.9 Å². The first kappa shape index (κ1) is 19.8. The average molecular weight is 386 g/mol. The Bertz CT molecular complexity index is 905. The van der Waals surface area contributed by atoms with Crippen molar-refractivity contribution in [1.29, 1.82) is 0 Å². The van der Waals surface area contributed by atoms with E-state index in [9.17, 15) is 26.4 Å². The highest BCUT2D eigenvalue weighted by molar-refractivity contribution is 7.92. The van der Waals surface area contributed by atoms with Crippen LogP contribution in [0.2, 0.25) is 0 Å². The zero-order valence-electron chi connectivity index (χ0n) is 14.1. The van der Waals surface area contributed by atoms with E-state index in [0.717, 1.165) is 17.9 Å². The van der Waals surface area contributed by atoms with Crippen molar-refractivity contribution in [1.82, 2.24) is 4.90 Å². The molecule has 0 bridgehead atoms. The summed E-state index contributed by atoms with van der Waals surface area (Å²) in [5.41, 5.74) is 0.0844. The lowest BCUT2D eigenvalue weighted by Gasteiger charge is -2.25. The number of amides is 1. The number of carbonyl (C=O) groups is 1. The smallest absolute Gasteiger partial charge is 0.243 e. The molecule has 0 aliphatic rings. The topological polar surface area (TPSA) is 57.7 Å². The monoisotopic (exact) mass is 386 g/mol. The van der Waals surface area contributed by atoms with Gasteiger partial charge in [-0.2, -0.15) is 0 Å². The van der Waals surface area contributed by atoms with E-state index in [0.29, 0.717) is 10.4 Å². The predicted octanol–water partition coefficient (Wildman–Crippen LogP) is 2.53. The van der Waals surface area contributed by atoms with Crippen LogP contribution in [0.3, 0.4) is 0 Å². The number of anilines is 1. The van der Waals surface area contributed by atoms with Crippen molar-refractivity contribution >= 4 is 21.6 Å². The third kappa shape index (κ3) is 4.54. The van der Waals surface area contributed by atoms with Crippen molar-refractivity contribution in [3.63, 3.8) is 0 Å². The summed E-state index contributed by atoms with van der Waals surface area (Å²) < 4.78 is 64.9. The molecule has 0 N–H and O–H groups in total. The Hall–Kier alpha value is -2.55. The molecular formula is C17H17F3N2O3S. The van der Waals surface area contributed by atoms with Crippen molar-refractivity contribution in [2.45, 2.75) is 6.54 Å². The molecule has 0 aliphatic carbocycles. The zero-order chi connectivity index (χ0) is 19.5. The summed E-state index contributed by atoms with van der Waals surface area (Å²) in [5, 5.41) is 0. The minimum atomic E-state index is -4.11. The van der Waals surface area contributed by atoms with Crippen LogP contribution in [-0.4, -0.2) is 39.1 Å². The number of hydrogen-bond donors (Lipinski definition) is 0. The second-order valence-corrected chi connectivity index (χ2v) is 7.61. The summed E-state index contributed by atoms with van der Waals surface area (Å²) in [5.74, 6) is -5.56. The van der Waals surface area contributed by atoms with Crippen molar-refractivity contribution < 1.29 is 26.4 Å². The third-order valence-electron chi connectivity index (χ3n) is 3.65. The Kier molecular flexibility index (Phi) is 5.91. The molecule has 2 aromatic rings. The van der Waals surface area contributed by atoms with Crippen LogP contribution in [0.15, 0.2) is 42.5 Å². The van der Waals surface area contributed by atoms with Crippen LogP contribution < -0.4 is 4.31 Å². The molecule has 1 amide bonds. The molecule has 0 heterocycles. The van der Waals surface area contributed by atoms with Gasteiger partial charge in [0.1, 0.15) is 6.54 Å². The number of nitrogens with zero attached hydrogens (tertiary/aromatic N) is 2. The van der Waals surface area contributed by atoms with Crippen LogP contribution in [0.1, 0.15) is 5.56 Å². The number of sulfonamides is 1. The Labute approximate surface area is 149 Å². The quantitative estimate of drug-likeness (QED) is 0.717. The van der Waals surface area contributed by atoms with Gasteiger partial charge in [-0.3, -0.25) is 9.10 Å². The van der Waals surface area contributed by atoms with Gasteiger partial charge in [-0.05, 0) is 17.7 Å². The summed E-state index contributed by atoms with van der Waals surface area (Å²) in [6, 6.07) is 10.3. The first-order valence-corrected chi connectivity index (χ1v) is 9.35. The van der Waals surface area contributed by atoms with E-state index in [1.54, 1.807) is 24.3 Å². The van der Waals surface area contributed by atoms with Gasteiger partial charge in [0.2, 0.25) is 15.9 Å². The number of carbonyl (C=O) groups excluding carboxylic acids is 1. The lowest BCUT2D eigenvalue weighted by Crippen LogP contribution is -2.41. The summed E-state index contributed by atoms with van der Waals surface area (Å²) in [7, 11) is -2.66. The second kappa shape index (κ2) is 7.77. The van der Waals surface area contributed by atoms with Gasteiger partial charge in [-0.25, -0.2) is 21.6 Å². The van der Waals surface area contributed by atoms with Gasteiger partial charge < -0.3 is 4.90 Å². The van der Waals surface area contributed by atoms with Crippen LogP contribution in [0.25, 0.3) is 0 Å². The highest BCUT2D eigenvalue weighted by Gasteiger charge is 2.27. The molecule has 0 spiro atoms. The Morgan fingerprint density at radius 2 is 1.62 bits per heavy atom. The minimum Gasteiger partial charge on any atom is -0.340 e. The van der Waals surface area contributed by atoms with E-state index in [2.05, 4.69) is 0 Å². The Morgan fingerprint density at radius 1 is 1.00 bits per heavy atom. The van der Waals surface area contributed by atoms with E-state index >= 15 is 0 Å². The molecule has 9 heteroatoms. The molecule has 0 saturated heterocycles. The SMILES string of the molecule is CN(Cc1ccccc1)C(=O)CN(c1ccc(F)c(F)c1F)S(C)(=O)=O. The van der Waals surface area contributed by atoms with Gasteiger partial charge >= 0.3 is 0 Å². The first-order valence-electron chi connectivity index (χ1n) is 7.50. The molecule has 140 valence electrons. The summed E-state index contributed by atoms with van der Waals surface area (Å²) in [4.78, 5) is 13.6. The van der Waals surface area contributed by atoms with Crippen LogP contribution in [-0.2, 0) is 21.4 Å². The maximum Gasteiger partial charge on any atom is 0.243 e. The van der Waals surface area contributed by atoms with Gasteiger partial charge in [-0.1, -0.05) is 30.3 Å². The molecule has 5 nitrogen and oxygen atoms in total. The lowest BCUT2D eigenvalue weighted by molar-refractivity contribution is -0.128. The highest BCUT2D eigenvalue weighted by Crippen LogP contribution is 2.25. The fourth-order valence-electron chi connectivity index (χ4n) is 2.28. The number of rotatable bonds is 6. The number of hydrogen-bond acceptors (Lipinski definition) is 3. The fourth-order valence-corrected chi connectivity index (χ4v) is 3.12. The van der Waals surface area contributed by atoms with Crippen LogP contribution >= 0.6 is 0 Å². The van der Waals surface area contributed by atoms with Gasteiger partial charge in [0.15, 0.2) is 17.5 Å². The average Bonchev–Trinajstić information content (AvgIpc) is 2.58. The maximum atomic E-state index is 14.0. The van der Waals surface area contributed by atoms with Crippen LogP contribution in [0.5, 0.6) is 0 Å². The first-order chi connectivity index (χ1) is 12.1. The van der Waals surface area contributed by atoms with Gasteiger partial charge in [-0.15, -0.1) is 0 Å². The third-order valence-corrected chi connectivity index (χ3v) is 4.78. The standard InChI is InChI=1S/C17H17F3N2O3S/c1-21(10-12-6-4-3-5-7-12)15(23)11-22(26(2,24)25)14-9-8-13(18)16(19)17(14)20/h3-9H,10-11H2,1-2H3. The van der Waals surface area contributed by atoms with E-state index in [1.165, 1.54) is 11.9 Å². The van der Waals surface area contributed by atoms with Crippen molar-refractivity contribution in [2.75, 3.05) is 24.2 Å². The molecule has 0 aromatic heterocycles. The summed E-state index contributed by atoms with van der Waals surface area (Å²) >= 11 is 0. The van der Waals surface area contributed by atoms with E-state index < -0.39 is 45.6 Å². The van der Waals surface area contributed by atoms with E-state index in [1.807, 2.05) is 6.07 Å². The fraction of sp³-hybridized carbons (Fsp3) is 0.235. The van der Waals surface area contributed by atoms with Crippen LogP contribution in [0.4, 0.5) is 18.9 Å². The van der Waals surface area contributed by atoms with Crippen molar-refractivity contribution in [3.05, 3.63) is 65.5 Å². The number of likely N-dealkylation sites (N-methyl/N-ethyl adjacent to an activating group) is 1. The second-order valence-electron chi connectivity index (χ2n) is 5.70. The molecule has 0 atom stereocenters. The van der Waals surface area contributed by atoms with Crippen molar-refractivity contribution in [3.8, 4) is 0 Å². The molecule has 0 unspecified atom stereocenters. The molecule has 0 aliphatic heterocycles. The van der Waals surface area contributed by atoms with Crippen molar-refractivity contribution in [2.24, 2.45) is 0 Å². The summed E-state index contributed by atoms with van der Waals surface area (Å²) in [6.45, 7) is -0.540. The summed E-state index contributed by atoms with van der Waals surface area (Å²) in [6.07, 6.45) is 0.748. The molecule has 2 rings (SSSR count). The largest absolute Gasteiger partial charge is 0.340 e. The minimum absolute atomic E-state index is 0.206. The lowest BCUT2D eigenvalue weighted by atomic mass is 10.2. The normalized spacial score (nSPS) is 11.3. The predicted molar refractivity (Wildman–Crippen MR) is 91.4 cm³/mol. The van der Waals surface area contributed by atoms with Gasteiger partial charge in [0.25, 0.3) is 0 Å². The van der Waals surface area contributed by atoms with Gasteiger partial charge in [0, 0.05) is 13.6 Å². The molecule has 0 radical (unpaired) electrons. The molecular weight excluding hydrogens is 369 g/mol. The van der Waals surface area contributed by atoms with E-state index in [-0.39, 0.29) is 6.54 Å². The Morgan fingerprint density at radius 3 is 2.19 bits per heavy atom. The maximum absolute atomic E-state index is 14.0. The van der Waals surface area contributed by atoms with E-state index in [4.69, 9.17) is 0 Å². The number of benzene rings is 2. The molecule has 0 saturated carbocycles. The van der Waals surface area contributed by atoms with Crippen LogP contribution in [0, 0.1) is 17.5 Å². The molecule has 0 fully saturated rings. The highest BCUT2D eigenvalue weighted by atomic mass is 32.2. The Balaban J connectivity index is 2.26. The number of halogens is 3. The molecule has 2 aromatic carbocycles. The molecule has 26 heavy (non-hydrogen) atoms. The zero-order valence-corrected chi connectivity index (χ0v) is 14.9.